The zero-order valence-corrected chi connectivity index (χ0v) is 17.2. The van der Waals surface area contributed by atoms with Crippen LogP contribution in [0.5, 0.6) is 0 Å². The van der Waals surface area contributed by atoms with Gasteiger partial charge < -0.3 is 15.1 Å². The number of nitrogens with zero attached hydrogens (tertiary/aromatic N) is 2. The molecule has 1 aliphatic rings. The number of halogens is 8. The fourth-order valence-corrected chi connectivity index (χ4v) is 3.72. The quantitative estimate of drug-likeness (QED) is 0.612. The van der Waals surface area contributed by atoms with E-state index < -0.39 is 53.7 Å². The van der Waals surface area contributed by atoms with Gasteiger partial charge in [-0.15, -0.1) is 0 Å². The lowest BCUT2D eigenvalue weighted by atomic mass is 10.0. The molecule has 12 heteroatoms. The number of carbonyl (C=O) groups is 1. The van der Waals surface area contributed by atoms with Crippen molar-refractivity contribution in [3.8, 4) is 0 Å². The van der Waals surface area contributed by atoms with Crippen LogP contribution in [0.2, 0.25) is 0 Å². The van der Waals surface area contributed by atoms with Crippen molar-refractivity contribution in [1.82, 2.24) is 15.1 Å². The smallest absolute Gasteiger partial charge is 0.323 e. The summed E-state index contributed by atoms with van der Waals surface area (Å²) in [4.78, 5) is 15.3. The number of benzene rings is 2. The van der Waals surface area contributed by atoms with Crippen molar-refractivity contribution in [2.75, 3.05) is 26.7 Å². The Kier molecular flexibility index (Phi) is 6.87. The van der Waals surface area contributed by atoms with Gasteiger partial charge in [0.25, 0.3) is 0 Å². The molecule has 0 radical (unpaired) electrons. The summed E-state index contributed by atoms with van der Waals surface area (Å²) in [7, 11) is 1.27. The van der Waals surface area contributed by atoms with Crippen LogP contribution in [-0.2, 0) is 18.9 Å². The van der Waals surface area contributed by atoms with Crippen LogP contribution in [0.15, 0.2) is 36.4 Å². The van der Waals surface area contributed by atoms with Crippen molar-refractivity contribution < 1.29 is 39.9 Å². The van der Waals surface area contributed by atoms with Gasteiger partial charge >= 0.3 is 18.4 Å². The van der Waals surface area contributed by atoms with Crippen molar-refractivity contribution in [3.05, 3.63) is 70.3 Å². The minimum atomic E-state index is -5.24. The molecule has 1 heterocycles. The molecule has 4 nitrogen and oxygen atoms in total. The van der Waals surface area contributed by atoms with Crippen LogP contribution in [0.25, 0.3) is 0 Å². The van der Waals surface area contributed by atoms with Crippen LogP contribution < -0.4 is 5.32 Å². The molecule has 0 spiro atoms. The number of carbonyl (C=O) groups excluding carboxylic acids is 1. The van der Waals surface area contributed by atoms with E-state index in [0.717, 1.165) is 17.0 Å². The summed E-state index contributed by atoms with van der Waals surface area (Å²) in [6.45, 7) is 0.228. The fraction of sp³-hybridized carbons (Fsp3) is 0.381. The van der Waals surface area contributed by atoms with E-state index >= 15 is 0 Å². The number of rotatable bonds is 3. The Morgan fingerprint density at radius 2 is 1.70 bits per heavy atom. The monoisotopic (exact) mass is 481 g/mol. The summed E-state index contributed by atoms with van der Waals surface area (Å²) in [5, 5.41) is 2.99. The maximum Gasteiger partial charge on any atom is 0.417 e. The Balaban J connectivity index is 1.84. The Hall–Kier alpha value is -2.89. The van der Waals surface area contributed by atoms with E-state index in [4.69, 9.17) is 0 Å². The molecule has 0 aliphatic carbocycles. The molecule has 1 aliphatic heterocycles. The van der Waals surface area contributed by atoms with Crippen molar-refractivity contribution in [1.29, 1.82) is 0 Å². The predicted molar refractivity (Wildman–Crippen MR) is 102 cm³/mol. The average molecular weight is 481 g/mol. The van der Waals surface area contributed by atoms with E-state index in [1.165, 1.54) is 18.0 Å². The highest BCUT2D eigenvalue weighted by atomic mass is 19.4. The van der Waals surface area contributed by atoms with Gasteiger partial charge in [0.2, 0.25) is 0 Å². The number of amides is 2. The molecular weight excluding hydrogens is 462 g/mol. The molecule has 0 bridgehead atoms. The number of alkyl halides is 6. The standard InChI is InChI=1S/C21H19F8N3O/c1-31(11-12-2-5-15(20(24,25)26)16(8-12)21(27,28)29)19(33)32-7-6-30-10-18(32)14-4-3-13(22)9-17(14)23/h2-5,8-9,18,30H,6-7,10-11H2,1H3. The van der Waals surface area contributed by atoms with Crippen molar-refractivity contribution >= 4 is 6.03 Å². The summed E-state index contributed by atoms with van der Waals surface area (Å²) in [6, 6.07) is 3.01. The van der Waals surface area contributed by atoms with Crippen LogP contribution in [0.1, 0.15) is 28.3 Å². The molecule has 2 aromatic rings. The van der Waals surface area contributed by atoms with Gasteiger partial charge in [0.1, 0.15) is 11.6 Å². The lowest BCUT2D eigenvalue weighted by molar-refractivity contribution is -0.162. The van der Waals surface area contributed by atoms with Crippen molar-refractivity contribution in [2.24, 2.45) is 0 Å². The Morgan fingerprint density at radius 1 is 1.03 bits per heavy atom. The molecule has 0 aromatic heterocycles. The van der Waals surface area contributed by atoms with Crippen LogP contribution >= 0.6 is 0 Å². The molecular formula is C21H19F8N3O. The Morgan fingerprint density at radius 3 is 2.30 bits per heavy atom. The molecule has 1 fully saturated rings. The first-order valence-corrected chi connectivity index (χ1v) is 9.73. The van der Waals surface area contributed by atoms with Crippen LogP contribution in [0, 0.1) is 11.6 Å². The highest BCUT2D eigenvalue weighted by Crippen LogP contribution is 2.40. The molecule has 3 rings (SSSR count). The molecule has 180 valence electrons. The minimum Gasteiger partial charge on any atom is -0.323 e. The Labute approximate surface area is 183 Å². The van der Waals surface area contributed by atoms with Crippen LogP contribution in [-0.4, -0.2) is 42.5 Å². The first-order chi connectivity index (χ1) is 15.3. The maximum atomic E-state index is 14.3. The summed E-state index contributed by atoms with van der Waals surface area (Å²) in [5.74, 6) is -1.65. The second-order valence-corrected chi connectivity index (χ2v) is 7.59. The summed E-state index contributed by atoms with van der Waals surface area (Å²) in [6.07, 6.45) is -10.4. The molecule has 1 saturated heterocycles. The first-order valence-electron chi connectivity index (χ1n) is 9.73. The van der Waals surface area contributed by atoms with E-state index in [1.807, 2.05) is 0 Å². The summed E-state index contributed by atoms with van der Waals surface area (Å²) >= 11 is 0. The summed E-state index contributed by atoms with van der Waals surface area (Å²) < 4.78 is 106. The SMILES string of the molecule is CN(Cc1ccc(C(F)(F)F)c(C(F)(F)F)c1)C(=O)N1CCNCC1c1ccc(F)cc1F. The maximum absolute atomic E-state index is 14.3. The highest BCUT2D eigenvalue weighted by molar-refractivity contribution is 5.75. The number of piperazine rings is 1. The third-order valence-electron chi connectivity index (χ3n) is 5.25. The largest absolute Gasteiger partial charge is 0.417 e. The number of hydrogen-bond acceptors (Lipinski definition) is 2. The number of hydrogen-bond donors (Lipinski definition) is 1. The topological polar surface area (TPSA) is 35.6 Å². The van der Waals surface area contributed by atoms with Gasteiger partial charge in [-0.25, -0.2) is 13.6 Å². The lowest BCUT2D eigenvalue weighted by Crippen LogP contribution is -2.52. The van der Waals surface area contributed by atoms with Crippen molar-refractivity contribution in [3.63, 3.8) is 0 Å². The van der Waals surface area contributed by atoms with Gasteiger partial charge in [0.05, 0.1) is 17.2 Å². The first kappa shape index (κ1) is 24.7. The van der Waals surface area contributed by atoms with E-state index in [0.29, 0.717) is 24.7 Å². The van der Waals surface area contributed by atoms with Crippen LogP contribution in [0.4, 0.5) is 39.9 Å². The zero-order chi connectivity index (χ0) is 24.6. The zero-order valence-electron chi connectivity index (χ0n) is 17.2. The third kappa shape index (κ3) is 5.55. The van der Waals surface area contributed by atoms with E-state index in [-0.39, 0.29) is 24.2 Å². The lowest BCUT2D eigenvalue weighted by Gasteiger charge is -2.38. The van der Waals surface area contributed by atoms with E-state index in [9.17, 15) is 39.9 Å². The third-order valence-corrected chi connectivity index (χ3v) is 5.25. The van der Waals surface area contributed by atoms with Gasteiger partial charge in [-0.1, -0.05) is 12.1 Å². The van der Waals surface area contributed by atoms with E-state index in [2.05, 4.69) is 5.32 Å². The average Bonchev–Trinajstić information content (AvgIpc) is 2.72. The summed E-state index contributed by atoms with van der Waals surface area (Å²) in [5.41, 5.74) is -3.77. The molecule has 1 unspecified atom stereocenters. The van der Waals surface area contributed by atoms with Gasteiger partial charge in [0, 0.05) is 44.9 Å². The van der Waals surface area contributed by atoms with Gasteiger partial charge in [0.15, 0.2) is 0 Å². The molecule has 1 atom stereocenters. The second kappa shape index (κ2) is 9.16. The molecule has 33 heavy (non-hydrogen) atoms. The van der Waals surface area contributed by atoms with E-state index in [1.54, 1.807) is 0 Å². The molecule has 1 N–H and O–H groups in total. The molecule has 2 amide bonds. The highest BCUT2D eigenvalue weighted by Gasteiger charge is 2.43. The fourth-order valence-electron chi connectivity index (χ4n) is 3.72. The second-order valence-electron chi connectivity index (χ2n) is 7.59. The number of urea groups is 1. The van der Waals surface area contributed by atoms with Crippen LogP contribution in [0.3, 0.4) is 0 Å². The normalized spacial score (nSPS) is 17.2. The molecule has 2 aromatic carbocycles. The molecule has 0 saturated carbocycles. The van der Waals surface area contributed by atoms with Crippen molar-refractivity contribution in [2.45, 2.75) is 24.9 Å². The number of nitrogens with one attached hydrogen (secondary N) is 1. The van der Waals surface area contributed by atoms with Gasteiger partial charge in [-0.3, -0.25) is 0 Å². The predicted octanol–water partition coefficient (Wildman–Crippen LogP) is 5.20. The van der Waals surface area contributed by atoms with Gasteiger partial charge in [-0.2, -0.15) is 26.3 Å². The Bertz CT molecular complexity index is 1020. The van der Waals surface area contributed by atoms with Gasteiger partial charge in [-0.05, 0) is 23.8 Å². The minimum absolute atomic E-state index is 0.0548.